The van der Waals surface area contributed by atoms with E-state index in [-0.39, 0.29) is 9.50 Å². The summed E-state index contributed by atoms with van der Waals surface area (Å²) in [6.45, 7) is 13.8. The van der Waals surface area contributed by atoms with Crippen LogP contribution in [0, 0.1) is 5.41 Å². The normalized spacial score (nSPS) is 23.1. The van der Waals surface area contributed by atoms with E-state index in [1.807, 2.05) is 0 Å². The molecule has 0 aromatic heterocycles. The van der Waals surface area contributed by atoms with Crippen LogP contribution in [0.25, 0.3) is 5.57 Å². The molecule has 108 valence electrons. The van der Waals surface area contributed by atoms with E-state index in [1.54, 1.807) is 0 Å². The molecule has 0 heterocycles. The molecule has 0 radical (unpaired) electrons. The quantitative estimate of drug-likeness (QED) is 0.576. The van der Waals surface area contributed by atoms with Crippen molar-refractivity contribution in [2.45, 2.75) is 57.5 Å². The fourth-order valence-corrected chi connectivity index (χ4v) is 2.66. The predicted octanol–water partition coefficient (Wildman–Crippen LogP) is 5.70. The first-order valence-electron chi connectivity index (χ1n) is 8.03. The number of rotatable bonds is 1. The molecule has 0 bridgehead atoms. The fourth-order valence-electron chi connectivity index (χ4n) is 2.66. The summed E-state index contributed by atoms with van der Waals surface area (Å²) in [5.74, 6) is 0. The zero-order valence-electron chi connectivity index (χ0n) is 14.7. The Labute approximate surface area is 139 Å². The number of hydrogen-bond acceptors (Lipinski definition) is 0. The second kappa shape index (κ2) is 5.49. The molecule has 0 spiro atoms. The monoisotopic (exact) mass is 274 g/mol. The summed E-state index contributed by atoms with van der Waals surface area (Å²) in [5, 5.41) is 0. The van der Waals surface area contributed by atoms with E-state index in [0.717, 1.165) is 6.42 Å². The van der Waals surface area contributed by atoms with Crippen molar-refractivity contribution in [1.82, 2.24) is 0 Å². The molecule has 1 aliphatic rings. The van der Waals surface area contributed by atoms with Gasteiger partial charge in [-0.15, -0.1) is 0 Å². The first-order chi connectivity index (χ1) is 9.53. The molecule has 1 atom stereocenters. The second-order valence-corrected chi connectivity index (χ2v) is 8.69. The molecule has 0 amide bonds. The van der Waals surface area contributed by atoms with Gasteiger partial charge in [0.15, 0.2) is 0 Å². The molecule has 0 aliphatic heterocycles. The predicted molar refractivity (Wildman–Crippen MR) is 94.8 cm³/mol. The Morgan fingerprint density at radius 1 is 0.952 bits per heavy atom. The molecular formula is C20H27Li. The molecule has 0 fully saturated rings. The molecule has 0 saturated carbocycles. The van der Waals surface area contributed by atoms with E-state index in [4.69, 9.17) is 0 Å². The summed E-state index contributed by atoms with van der Waals surface area (Å²) in [4.78, 5) is 0. The van der Waals surface area contributed by atoms with Crippen molar-refractivity contribution in [1.29, 1.82) is 0 Å². The van der Waals surface area contributed by atoms with Crippen LogP contribution in [-0.4, -0.2) is 17.7 Å². The van der Waals surface area contributed by atoms with Crippen molar-refractivity contribution in [3.63, 3.8) is 0 Å². The van der Waals surface area contributed by atoms with Crippen molar-refractivity contribution < 1.29 is 0 Å². The number of hydrogen-bond donors (Lipinski definition) is 0. The first-order valence-corrected chi connectivity index (χ1v) is 8.03. The average molecular weight is 274 g/mol. The number of benzene rings is 1. The molecule has 1 aromatic rings. The summed E-state index contributed by atoms with van der Waals surface area (Å²) in [6.07, 6.45) is 8.22. The zero-order chi connectivity index (χ0) is 15.9. The van der Waals surface area contributed by atoms with E-state index in [1.165, 1.54) is 16.7 Å². The van der Waals surface area contributed by atoms with Crippen molar-refractivity contribution in [3.8, 4) is 0 Å². The standard InChI is InChI=1S/C20H27.Li/c1-19(2,3)17-11-7-15(8-12-17)16-9-13-18(14-10-16)20(4,5)6;/h7-13H,14H2,1-6H3;. The van der Waals surface area contributed by atoms with Gasteiger partial charge in [-0.1, -0.05) is 0 Å². The van der Waals surface area contributed by atoms with Crippen LogP contribution in [0.15, 0.2) is 42.5 Å². The Hall–Kier alpha value is -0.703. The molecule has 0 N–H and O–H groups in total. The van der Waals surface area contributed by atoms with Crippen molar-refractivity contribution in [3.05, 3.63) is 53.6 Å². The van der Waals surface area contributed by atoms with Gasteiger partial charge in [0.1, 0.15) is 0 Å². The molecule has 1 aliphatic carbocycles. The van der Waals surface area contributed by atoms with Gasteiger partial charge in [-0.3, -0.25) is 0 Å². The van der Waals surface area contributed by atoms with Gasteiger partial charge in [0.05, 0.1) is 0 Å². The molecule has 0 saturated heterocycles. The van der Waals surface area contributed by atoms with Crippen LogP contribution < -0.4 is 0 Å². The van der Waals surface area contributed by atoms with Gasteiger partial charge < -0.3 is 0 Å². The molecule has 1 heteroatoms. The zero-order valence-corrected chi connectivity index (χ0v) is 14.7. The van der Waals surface area contributed by atoms with Crippen LogP contribution in [-0.2, 0) is 5.41 Å². The van der Waals surface area contributed by atoms with E-state index in [2.05, 4.69) is 102 Å². The fraction of sp³-hybridized carbons (Fsp3) is 0.500. The van der Waals surface area contributed by atoms with Gasteiger partial charge in [0.2, 0.25) is 0 Å². The minimum atomic E-state index is 0.222. The minimum absolute atomic E-state index is 0.222. The van der Waals surface area contributed by atoms with Crippen molar-refractivity contribution >= 4 is 23.3 Å². The third-order valence-corrected chi connectivity index (χ3v) is 5.17. The maximum absolute atomic E-state index is 2.40. The van der Waals surface area contributed by atoms with Crippen molar-refractivity contribution in [2.75, 3.05) is 0 Å². The molecule has 0 nitrogen and oxygen atoms in total. The third-order valence-electron chi connectivity index (χ3n) is 5.17. The van der Waals surface area contributed by atoms with Crippen LogP contribution in [0.1, 0.15) is 59.1 Å². The summed E-state index contributed by atoms with van der Waals surface area (Å²) < 4.78 is 0.252. The Morgan fingerprint density at radius 2 is 1.52 bits per heavy atom. The summed E-state index contributed by atoms with van der Waals surface area (Å²) >= 11 is 2.36. The maximum atomic E-state index is 2.40. The topological polar surface area (TPSA) is 0 Å². The molecule has 1 unspecified atom stereocenters. The van der Waals surface area contributed by atoms with Crippen LogP contribution in [0.5, 0.6) is 0 Å². The Balaban J connectivity index is 2.21. The molecule has 2 rings (SSSR count). The van der Waals surface area contributed by atoms with Crippen LogP contribution in [0.3, 0.4) is 0 Å². The Bertz CT molecular complexity index is 561. The van der Waals surface area contributed by atoms with Crippen LogP contribution in [0.4, 0.5) is 0 Å². The summed E-state index contributed by atoms with van der Waals surface area (Å²) in [5.41, 5.74) is 4.60. The number of allylic oxidation sites excluding steroid dienone is 4. The van der Waals surface area contributed by atoms with Gasteiger partial charge in [-0.25, -0.2) is 0 Å². The third kappa shape index (κ3) is 3.56. The Morgan fingerprint density at radius 3 is 1.90 bits per heavy atom. The van der Waals surface area contributed by atoms with E-state index in [0.29, 0.717) is 5.41 Å². The van der Waals surface area contributed by atoms with Gasteiger partial charge in [0.25, 0.3) is 0 Å². The van der Waals surface area contributed by atoms with Gasteiger partial charge in [-0.05, 0) is 0 Å². The molecular weight excluding hydrogens is 247 g/mol. The Kier molecular flexibility index (Phi) is 4.36. The average Bonchev–Trinajstić information content (AvgIpc) is 2.37. The van der Waals surface area contributed by atoms with E-state index >= 15 is 0 Å². The van der Waals surface area contributed by atoms with Gasteiger partial charge in [0, 0.05) is 0 Å². The second-order valence-electron chi connectivity index (χ2n) is 8.69. The first kappa shape index (κ1) is 16.7. The molecule has 1 aromatic carbocycles. The van der Waals surface area contributed by atoms with Gasteiger partial charge >= 0.3 is 140 Å². The van der Waals surface area contributed by atoms with Crippen molar-refractivity contribution in [2.24, 2.45) is 5.41 Å². The van der Waals surface area contributed by atoms with Crippen LogP contribution in [0.2, 0.25) is 4.09 Å². The van der Waals surface area contributed by atoms with Crippen LogP contribution >= 0.6 is 0 Å². The SMILES string of the molecule is [Li][C]1(C(C)(C)C)C=CC(c2ccc(C(C)(C)C)cc2)=CC1. The van der Waals surface area contributed by atoms with E-state index < -0.39 is 0 Å². The van der Waals surface area contributed by atoms with E-state index in [9.17, 15) is 0 Å². The van der Waals surface area contributed by atoms with Gasteiger partial charge in [-0.2, -0.15) is 0 Å². The summed E-state index contributed by atoms with van der Waals surface area (Å²) in [6, 6.07) is 9.05. The summed E-state index contributed by atoms with van der Waals surface area (Å²) in [7, 11) is 0. The molecule has 21 heavy (non-hydrogen) atoms.